The number of benzene rings is 1. The van der Waals surface area contributed by atoms with Gasteiger partial charge in [0.1, 0.15) is 5.75 Å². The number of hydrogen-bond acceptors (Lipinski definition) is 4. The lowest BCUT2D eigenvalue weighted by atomic mass is 10.2. The van der Waals surface area contributed by atoms with Crippen molar-refractivity contribution in [2.24, 2.45) is 0 Å². The molecule has 0 atom stereocenters. The molecule has 2 aromatic rings. The monoisotopic (exact) mass is 326 g/mol. The lowest BCUT2D eigenvalue weighted by molar-refractivity contribution is -0.129. The molecule has 0 fully saturated rings. The molecule has 0 N–H and O–H groups in total. The zero-order valence-electron chi connectivity index (χ0n) is 12.3. The summed E-state index contributed by atoms with van der Waals surface area (Å²) in [6, 6.07) is 6.25. The number of carbonyl (C=O) groups is 1. The molecule has 2 rings (SSSR count). The summed E-state index contributed by atoms with van der Waals surface area (Å²) in [5.74, 6) is 0.0592. The molecule has 0 bridgehead atoms. The largest absolute Gasteiger partial charge is 0.435 e. The van der Waals surface area contributed by atoms with Gasteiger partial charge in [0.05, 0.1) is 17.1 Å². The summed E-state index contributed by atoms with van der Waals surface area (Å²) in [4.78, 5) is 17.9. The number of alkyl halides is 2. The van der Waals surface area contributed by atoms with Crippen molar-refractivity contribution in [3.8, 4) is 5.75 Å². The first-order valence-corrected chi connectivity index (χ1v) is 7.50. The van der Waals surface area contributed by atoms with Crippen molar-refractivity contribution < 1.29 is 18.3 Å². The highest BCUT2D eigenvalue weighted by molar-refractivity contribution is 7.09. The van der Waals surface area contributed by atoms with E-state index in [9.17, 15) is 13.6 Å². The zero-order valence-corrected chi connectivity index (χ0v) is 13.1. The Bertz CT molecular complexity index is 629. The molecular weight excluding hydrogens is 310 g/mol. The van der Waals surface area contributed by atoms with Gasteiger partial charge in [-0.15, -0.1) is 11.3 Å². The third-order valence-corrected chi connectivity index (χ3v) is 3.82. The predicted octanol–water partition coefficient (Wildman–Crippen LogP) is 3.25. The molecule has 0 radical (unpaired) electrons. The Morgan fingerprint density at radius 2 is 2.05 bits per heavy atom. The molecule has 4 nitrogen and oxygen atoms in total. The van der Waals surface area contributed by atoms with E-state index in [4.69, 9.17) is 0 Å². The average Bonchev–Trinajstić information content (AvgIpc) is 2.85. The Morgan fingerprint density at radius 1 is 1.36 bits per heavy atom. The maximum Gasteiger partial charge on any atom is 0.387 e. The van der Waals surface area contributed by atoms with Crippen molar-refractivity contribution in [3.63, 3.8) is 0 Å². The van der Waals surface area contributed by atoms with E-state index in [2.05, 4.69) is 9.72 Å². The highest BCUT2D eigenvalue weighted by Crippen LogP contribution is 2.16. The van der Waals surface area contributed by atoms with Crippen LogP contribution in [0.2, 0.25) is 0 Å². The summed E-state index contributed by atoms with van der Waals surface area (Å²) < 4.78 is 28.4. The van der Waals surface area contributed by atoms with E-state index >= 15 is 0 Å². The molecule has 1 aromatic carbocycles. The number of aryl methyl sites for hydroxylation is 1. The molecule has 0 aliphatic carbocycles. The molecule has 0 saturated carbocycles. The summed E-state index contributed by atoms with van der Waals surface area (Å²) in [6.07, 6.45) is 0.257. The van der Waals surface area contributed by atoms with Gasteiger partial charge in [-0.2, -0.15) is 8.78 Å². The predicted molar refractivity (Wildman–Crippen MR) is 80.1 cm³/mol. The van der Waals surface area contributed by atoms with Crippen LogP contribution in [-0.2, 0) is 17.8 Å². The smallest absolute Gasteiger partial charge is 0.387 e. The zero-order chi connectivity index (χ0) is 16.1. The quantitative estimate of drug-likeness (QED) is 0.818. The Labute approximate surface area is 131 Å². The first-order chi connectivity index (χ1) is 10.4. The van der Waals surface area contributed by atoms with Crippen molar-refractivity contribution in [2.75, 3.05) is 7.05 Å². The SMILES string of the molecule is Cc1nc(CC(=O)N(C)Cc2ccc(OC(F)F)cc2)cs1. The van der Waals surface area contributed by atoms with E-state index in [0.717, 1.165) is 16.3 Å². The standard InChI is InChI=1S/C15H16F2N2O2S/c1-10-18-12(9-22-10)7-14(20)19(2)8-11-3-5-13(6-4-11)21-15(16)17/h3-6,9,15H,7-8H2,1-2H3. The van der Waals surface area contributed by atoms with Crippen molar-refractivity contribution in [1.29, 1.82) is 0 Å². The lowest BCUT2D eigenvalue weighted by Gasteiger charge is -2.17. The molecule has 118 valence electrons. The highest BCUT2D eigenvalue weighted by atomic mass is 32.1. The second-order valence-electron chi connectivity index (χ2n) is 4.81. The summed E-state index contributed by atoms with van der Waals surface area (Å²) in [5.41, 5.74) is 1.60. The molecule has 22 heavy (non-hydrogen) atoms. The minimum atomic E-state index is -2.84. The molecule has 0 saturated heterocycles. The van der Waals surface area contributed by atoms with Crippen LogP contribution in [0, 0.1) is 6.92 Å². The van der Waals surface area contributed by atoms with Gasteiger partial charge in [0.25, 0.3) is 0 Å². The minimum Gasteiger partial charge on any atom is -0.435 e. The van der Waals surface area contributed by atoms with E-state index in [1.54, 1.807) is 24.1 Å². The average molecular weight is 326 g/mol. The Morgan fingerprint density at radius 3 is 2.59 bits per heavy atom. The van der Waals surface area contributed by atoms with Crippen LogP contribution in [0.1, 0.15) is 16.3 Å². The molecule has 1 heterocycles. The second kappa shape index (κ2) is 7.31. The number of halogens is 2. The van der Waals surface area contributed by atoms with Crippen molar-refractivity contribution in [2.45, 2.75) is 26.5 Å². The maximum absolute atomic E-state index is 12.1. The number of rotatable bonds is 6. The van der Waals surface area contributed by atoms with E-state index in [1.165, 1.54) is 23.5 Å². The molecule has 1 aromatic heterocycles. The summed E-state index contributed by atoms with van der Waals surface area (Å²) in [5, 5.41) is 2.80. The van der Waals surface area contributed by atoms with Crippen LogP contribution in [0.25, 0.3) is 0 Å². The van der Waals surface area contributed by atoms with Gasteiger partial charge >= 0.3 is 6.61 Å². The number of aromatic nitrogens is 1. The highest BCUT2D eigenvalue weighted by Gasteiger charge is 2.12. The van der Waals surface area contributed by atoms with Gasteiger partial charge in [-0.1, -0.05) is 12.1 Å². The number of carbonyl (C=O) groups excluding carboxylic acids is 1. The summed E-state index contributed by atoms with van der Waals surface area (Å²) in [7, 11) is 1.70. The van der Waals surface area contributed by atoms with E-state index in [-0.39, 0.29) is 18.1 Å². The van der Waals surface area contributed by atoms with Gasteiger partial charge in [-0.3, -0.25) is 4.79 Å². The molecular formula is C15H16F2N2O2S. The molecule has 0 unspecified atom stereocenters. The Kier molecular flexibility index (Phi) is 5.43. The first kappa shape index (κ1) is 16.4. The van der Waals surface area contributed by atoms with E-state index < -0.39 is 6.61 Å². The lowest BCUT2D eigenvalue weighted by Crippen LogP contribution is -2.27. The van der Waals surface area contributed by atoms with Crippen molar-refractivity contribution in [3.05, 3.63) is 45.9 Å². The molecule has 1 amide bonds. The molecule has 0 aliphatic rings. The van der Waals surface area contributed by atoms with Crippen LogP contribution < -0.4 is 4.74 Å². The molecule has 7 heteroatoms. The van der Waals surface area contributed by atoms with Gasteiger partial charge in [0.2, 0.25) is 5.91 Å². The van der Waals surface area contributed by atoms with Crippen LogP contribution in [0.3, 0.4) is 0 Å². The first-order valence-electron chi connectivity index (χ1n) is 6.63. The van der Waals surface area contributed by atoms with Crippen LogP contribution >= 0.6 is 11.3 Å². The maximum atomic E-state index is 12.1. The Hall–Kier alpha value is -2.02. The summed E-state index contributed by atoms with van der Waals surface area (Å²) >= 11 is 1.51. The number of thiazole rings is 1. The van der Waals surface area contributed by atoms with Crippen LogP contribution in [-0.4, -0.2) is 29.5 Å². The second-order valence-corrected chi connectivity index (χ2v) is 5.87. The van der Waals surface area contributed by atoms with E-state index in [1.807, 2.05) is 12.3 Å². The van der Waals surface area contributed by atoms with Gasteiger partial charge in [-0.05, 0) is 24.6 Å². The number of amides is 1. The van der Waals surface area contributed by atoms with Crippen molar-refractivity contribution in [1.82, 2.24) is 9.88 Å². The third kappa shape index (κ3) is 4.77. The van der Waals surface area contributed by atoms with Crippen LogP contribution in [0.5, 0.6) is 5.75 Å². The number of likely N-dealkylation sites (N-methyl/N-ethyl adjacent to an activating group) is 1. The normalized spacial score (nSPS) is 10.8. The van der Waals surface area contributed by atoms with Gasteiger partial charge in [0, 0.05) is 19.0 Å². The number of ether oxygens (including phenoxy) is 1. The fourth-order valence-electron chi connectivity index (χ4n) is 1.92. The summed E-state index contributed by atoms with van der Waals surface area (Å²) in [6.45, 7) is -0.542. The minimum absolute atomic E-state index is 0.0433. The fourth-order valence-corrected chi connectivity index (χ4v) is 2.53. The van der Waals surface area contributed by atoms with Gasteiger partial charge < -0.3 is 9.64 Å². The van der Waals surface area contributed by atoms with Gasteiger partial charge in [-0.25, -0.2) is 4.98 Å². The fraction of sp³-hybridized carbons (Fsp3) is 0.333. The van der Waals surface area contributed by atoms with Crippen LogP contribution in [0.4, 0.5) is 8.78 Å². The molecule has 0 spiro atoms. The van der Waals surface area contributed by atoms with Gasteiger partial charge in [0.15, 0.2) is 0 Å². The van der Waals surface area contributed by atoms with Crippen LogP contribution in [0.15, 0.2) is 29.6 Å². The number of hydrogen-bond donors (Lipinski definition) is 0. The van der Waals surface area contributed by atoms with Crippen molar-refractivity contribution >= 4 is 17.2 Å². The molecule has 0 aliphatic heterocycles. The number of nitrogens with zero attached hydrogens (tertiary/aromatic N) is 2. The Balaban J connectivity index is 1.90. The topological polar surface area (TPSA) is 42.4 Å². The third-order valence-electron chi connectivity index (χ3n) is 2.99. The van der Waals surface area contributed by atoms with E-state index in [0.29, 0.717) is 6.54 Å².